The van der Waals surface area contributed by atoms with Crippen molar-refractivity contribution in [3.8, 4) is 0 Å². The Balaban J connectivity index is 1.55. The maximum Gasteiger partial charge on any atom is 0.231 e. The van der Waals surface area contributed by atoms with Gasteiger partial charge in [-0.1, -0.05) is 44.1 Å². The molecule has 0 spiro atoms. The van der Waals surface area contributed by atoms with Gasteiger partial charge in [-0.25, -0.2) is 0 Å². The standard InChI is InChI=1S/C25H29N3O2/c1-5-28-19-9-7-6-8-17(19)18-14-16(10-11-20(18)28)26-22(29)25-13-12-24(4,23(25,2)3)21(15-25)27-30/h6-11,14,30H,5,12-13,15H2,1-4H3,(H,26,29)/b27-21+. The van der Waals surface area contributed by atoms with E-state index in [1.165, 1.54) is 16.4 Å². The van der Waals surface area contributed by atoms with Crippen LogP contribution in [-0.4, -0.2) is 21.4 Å². The van der Waals surface area contributed by atoms with Gasteiger partial charge in [0.15, 0.2) is 0 Å². The van der Waals surface area contributed by atoms with E-state index in [1.807, 2.05) is 6.07 Å². The van der Waals surface area contributed by atoms with E-state index in [-0.39, 0.29) is 16.7 Å². The van der Waals surface area contributed by atoms with Crippen LogP contribution in [0.15, 0.2) is 47.6 Å². The molecule has 2 bridgehead atoms. The largest absolute Gasteiger partial charge is 0.411 e. The first-order valence-electron chi connectivity index (χ1n) is 10.8. The normalized spacial score (nSPS) is 28.6. The Morgan fingerprint density at radius 2 is 1.83 bits per heavy atom. The molecule has 1 aromatic heterocycles. The lowest BCUT2D eigenvalue weighted by Crippen LogP contribution is -2.43. The summed E-state index contributed by atoms with van der Waals surface area (Å²) in [6.45, 7) is 9.48. The molecule has 1 amide bonds. The number of rotatable bonds is 3. The summed E-state index contributed by atoms with van der Waals surface area (Å²) in [4.78, 5) is 13.6. The van der Waals surface area contributed by atoms with Gasteiger partial charge >= 0.3 is 0 Å². The van der Waals surface area contributed by atoms with Crippen molar-refractivity contribution in [2.75, 3.05) is 5.32 Å². The highest BCUT2D eigenvalue weighted by Crippen LogP contribution is 2.71. The second-order valence-corrected chi connectivity index (χ2v) is 9.71. The highest BCUT2D eigenvalue weighted by molar-refractivity contribution is 6.11. The Labute approximate surface area is 176 Å². The number of benzene rings is 2. The molecular formula is C25H29N3O2. The number of amides is 1. The molecule has 2 aliphatic rings. The molecule has 2 aliphatic carbocycles. The number of nitrogens with one attached hydrogen (secondary N) is 1. The lowest BCUT2D eigenvalue weighted by molar-refractivity contribution is -0.130. The minimum Gasteiger partial charge on any atom is -0.411 e. The van der Waals surface area contributed by atoms with Crippen molar-refractivity contribution in [2.24, 2.45) is 21.4 Å². The number of carbonyl (C=O) groups excluding carboxylic acids is 1. The van der Waals surface area contributed by atoms with E-state index in [2.05, 4.69) is 79.1 Å². The van der Waals surface area contributed by atoms with Crippen LogP contribution in [0.25, 0.3) is 21.8 Å². The van der Waals surface area contributed by atoms with Crippen LogP contribution in [0, 0.1) is 16.2 Å². The maximum atomic E-state index is 13.6. The van der Waals surface area contributed by atoms with E-state index in [0.29, 0.717) is 6.42 Å². The SMILES string of the molecule is CCn1c2ccccc2c2cc(NC(=O)C34CCC(C)(/C(=N/O)C3)C4(C)C)ccc21. The molecule has 2 unspecified atom stereocenters. The molecule has 2 atom stereocenters. The van der Waals surface area contributed by atoms with E-state index >= 15 is 0 Å². The lowest BCUT2D eigenvalue weighted by Gasteiger charge is -2.39. The average molecular weight is 404 g/mol. The predicted octanol–water partition coefficient (Wildman–Crippen LogP) is 5.80. The van der Waals surface area contributed by atoms with Crippen molar-refractivity contribution in [1.29, 1.82) is 0 Å². The van der Waals surface area contributed by atoms with Crippen LogP contribution in [0.3, 0.4) is 0 Å². The summed E-state index contributed by atoms with van der Waals surface area (Å²) in [7, 11) is 0. The summed E-state index contributed by atoms with van der Waals surface area (Å²) in [5.41, 5.74) is 2.92. The Bertz CT molecular complexity index is 1220. The van der Waals surface area contributed by atoms with Crippen molar-refractivity contribution >= 4 is 39.1 Å². The highest BCUT2D eigenvalue weighted by Gasteiger charge is 2.71. The number of carbonyl (C=O) groups is 1. The summed E-state index contributed by atoms with van der Waals surface area (Å²) < 4.78 is 2.31. The molecule has 2 saturated carbocycles. The quantitative estimate of drug-likeness (QED) is 0.429. The van der Waals surface area contributed by atoms with Crippen molar-refractivity contribution in [2.45, 2.75) is 53.5 Å². The number of hydrogen-bond acceptors (Lipinski definition) is 3. The summed E-state index contributed by atoms with van der Waals surface area (Å²) in [5.74, 6) is 0.0356. The van der Waals surface area contributed by atoms with E-state index in [1.54, 1.807) is 0 Å². The van der Waals surface area contributed by atoms with E-state index in [9.17, 15) is 10.0 Å². The molecule has 5 nitrogen and oxygen atoms in total. The fourth-order valence-corrected chi connectivity index (χ4v) is 6.26. The van der Waals surface area contributed by atoms with Gasteiger partial charge in [-0.05, 0) is 49.4 Å². The molecule has 2 fully saturated rings. The van der Waals surface area contributed by atoms with Gasteiger partial charge in [-0.15, -0.1) is 0 Å². The summed E-state index contributed by atoms with van der Waals surface area (Å²) in [6, 6.07) is 14.6. The van der Waals surface area contributed by atoms with Gasteiger partial charge in [0.1, 0.15) is 0 Å². The molecule has 5 rings (SSSR count). The zero-order valence-electron chi connectivity index (χ0n) is 18.1. The summed E-state index contributed by atoms with van der Waals surface area (Å²) >= 11 is 0. The molecular weight excluding hydrogens is 374 g/mol. The first-order valence-corrected chi connectivity index (χ1v) is 10.8. The molecule has 2 N–H and O–H groups in total. The Morgan fingerprint density at radius 3 is 2.53 bits per heavy atom. The number of oxime groups is 1. The van der Waals surface area contributed by atoms with Crippen molar-refractivity contribution in [3.05, 3.63) is 42.5 Å². The number of para-hydroxylation sites is 1. The Morgan fingerprint density at radius 1 is 1.10 bits per heavy atom. The third kappa shape index (κ3) is 2.13. The zero-order chi connectivity index (χ0) is 21.3. The number of anilines is 1. The van der Waals surface area contributed by atoms with Gasteiger partial charge in [0, 0.05) is 45.9 Å². The molecule has 2 aromatic carbocycles. The molecule has 0 radical (unpaired) electrons. The maximum absolute atomic E-state index is 13.6. The molecule has 5 heteroatoms. The van der Waals surface area contributed by atoms with Crippen LogP contribution in [-0.2, 0) is 11.3 Å². The van der Waals surface area contributed by atoms with E-state index in [0.717, 1.165) is 36.2 Å². The molecule has 30 heavy (non-hydrogen) atoms. The number of fused-ring (bicyclic) bond motifs is 5. The van der Waals surface area contributed by atoms with Crippen LogP contribution in [0.5, 0.6) is 0 Å². The van der Waals surface area contributed by atoms with Crippen molar-refractivity contribution in [1.82, 2.24) is 4.57 Å². The highest BCUT2D eigenvalue weighted by atomic mass is 16.4. The van der Waals surface area contributed by atoms with Crippen LogP contribution < -0.4 is 5.32 Å². The zero-order valence-corrected chi connectivity index (χ0v) is 18.1. The number of aromatic nitrogens is 1. The lowest BCUT2D eigenvalue weighted by atomic mass is 9.64. The minimum absolute atomic E-state index is 0.0356. The van der Waals surface area contributed by atoms with Crippen LogP contribution in [0.4, 0.5) is 5.69 Å². The van der Waals surface area contributed by atoms with Gasteiger partial charge in [-0.3, -0.25) is 4.79 Å². The first kappa shape index (κ1) is 19.2. The van der Waals surface area contributed by atoms with Gasteiger partial charge < -0.3 is 15.1 Å². The molecule has 0 aliphatic heterocycles. The minimum atomic E-state index is -0.546. The van der Waals surface area contributed by atoms with Gasteiger partial charge in [0.2, 0.25) is 5.91 Å². The monoisotopic (exact) mass is 403 g/mol. The third-order valence-electron chi connectivity index (χ3n) is 8.64. The second-order valence-electron chi connectivity index (χ2n) is 9.71. The van der Waals surface area contributed by atoms with Crippen molar-refractivity contribution < 1.29 is 10.0 Å². The smallest absolute Gasteiger partial charge is 0.231 e. The molecule has 3 aromatic rings. The third-order valence-corrected chi connectivity index (χ3v) is 8.64. The Hall–Kier alpha value is -2.82. The van der Waals surface area contributed by atoms with Gasteiger partial charge in [0.25, 0.3) is 0 Å². The van der Waals surface area contributed by atoms with E-state index < -0.39 is 5.41 Å². The molecule has 0 saturated heterocycles. The molecule has 156 valence electrons. The number of hydrogen-bond donors (Lipinski definition) is 2. The van der Waals surface area contributed by atoms with Crippen LogP contribution >= 0.6 is 0 Å². The topological polar surface area (TPSA) is 66.6 Å². The first-order chi connectivity index (χ1) is 14.3. The fourth-order valence-electron chi connectivity index (χ4n) is 6.26. The number of aryl methyl sites for hydroxylation is 1. The van der Waals surface area contributed by atoms with Crippen molar-refractivity contribution in [3.63, 3.8) is 0 Å². The molecule has 1 heterocycles. The Kier molecular flexibility index (Phi) is 3.89. The second kappa shape index (κ2) is 6.10. The summed E-state index contributed by atoms with van der Waals surface area (Å²) in [6.07, 6.45) is 2.21. The van der Waals surface area contributed by atoms with E-state index in [4.69, 9.17) is 0 Å². The summed E-state index contributed by atoms with van der Waals surface area (Å²) in [5, 5.41) is 18.7. The van der Waals surface area contributed by atoms with Gasteiger partial charge in [0.05, 0.1) is 11.1 Å². The van der Waals surface area contributed by atoms with Crippen LogP contribution in [0.2, 0.25) is 0 Å². The van der Waals surface area contributed by atoms with Crippen LogP contribution in [0.1, 0.15) is 47.0 Å². The number of nitrogens with zero attached hydrogens (tertiary/aromatic N) is 2. The average Bonchev–Trinajstić information content (AvgIpc) is 3.23. The predicted molar refractivity (Wildman–Crippen MR) is 121 cm³/mol. The fraction of sp³-hybridized carbons (Fsp3) is 0.440. The van der Waals surface area contributed by atoms with Gasteiger partial charge in [-0.2, -0.15) is 0 Å².